The lowest BCUT2D eigenvalue weighted by molar-refractivity contribution is 0.445. The van der Waals surface area contributed by atoms with Gasteiger partial charge in [-0.1, -0.05) is 13.8 Å². The van der Waals surface area contributed by atoms with E-state index in [4.69, 9.17) is 0 Å². The molecule has 0 saturated carbocycles. The number of hydrogen-bond donors (Lipinski definition) is 2. The van der Waals surface area contributed by atoms with Gasteiger partial charge in [0.15, 0.2) is 0 Å². The van der Waals surface area contributed by atoms with Crippen LogP contribution < -0.4 is 10.3 Å². The highest BCUT2D eigenvalue weighted by molar-refractivity contribution is 7.89. The van der Waals surface area contributed by atoms with Gasteiger partial charge in [0, 0.05) is 49.7 Å². The van der Waals surface area contributed by atoms with Crippen LogP contribution in [0, 0.1) is 0 Å². The lowest BCUT2D eigenvalue weighted by Gasteiger charge is -2.21. The monoisotopic (exact) mass is 419 g/mol. The summed E-state index contributed by atoms with van der Waals surface area (Å²) in [4.78, 5) is 6.38. The standard InChI is InChI=1S/C20H29N5O3S/c1-5-24(6-2)17-10-9-16(19(26)13-17)14-22-23-20-12-11-18(15-21-20)29(27,28)25(7-3)8-4/h9-15,26H,5-8H2,1-4H3,(H,21,23)/b22-14+. The molecule has 0 saturated heterocycles. The zero-order chi connectivity index (χ0) is 21.4. The minimum Gasteiger partial charge on any atom is -0.507 e. The number of anilines is 2. The third-order valence-corrected chi connectivity index (χ3v) is 6.64. The molecule has 29 heavy (non-hydrogen) atoms. The number of aromatic nitrogens is 1. The fraction of sp³-hybridized carbons (Fsp3) is 0.400. The van der Waals surface area contributed by atoms with E-state index in [1.807, 2.05) is 6.07 Å². The van der Waals surface area contributed by atoms with E-state index in [0.29, 0.717) is 24.5 Å². The summed E-state index contributed by atoms with van der Waals surface area (Å²) >= 11 is 0. The Hall–Kier alpha value is -2.65. The first-order valence-electron chi connectivity index (χ1n) is 9.70. The molecule has 1 aromatic carbocycles. The molecule has 2 aromatic rings. The molecule has 0 aliphatic rings. The van der Waals surface area contributed by atoms with Gasteiger partial charge in [0.2, 0.25) is 10.0 Å². The molecule has 0 spiro atoms. The number of nitrogens with one attached hydrogen (secondary N) is 1. The van der Waals surface area contributed by atoms with Gasteiger partial charge in [-0.15, -0.1) is 0 Å². The number of hydrazone groups is 1. The molecule has 8 nitrogen and oxygen atoms in total. The summed E-state index contributed by atoms with van der Waals surface area (Å²) in [5.74, 6) is 0.535. The van der Waals surface area contributed by atoms with Crippen molar-refractivity contribution in [3.05, 3.63) is 42.1 Å². The van der Waals surface area contributed by atoms with E-state index in [0.717, 1.165) is 18.8 Å². The van der Waals surface area contributed by atoms with Gasteiger partial charge in [0.1, 0.15) is 16.5 Å². The zero-order valence-corrected chi connectivity index (χ0v) is 18.1. The van der Waals surface area contributed by atoms with Gasteiger partial charge in [0.05, 0.1) is 6.21 Å². The predicted octanol–water partition coefficient (Wildman–Crippen LogP) is 3.11. The van der Waals surface area contributed by atoms with Crippen LogP contribution in [0.4, 0.5) is 11.5 Å². The van der Waals surface area contributed by atoms with E-state index in [1.54, 1.807) is 32.0 Å². The molecular formula is C20H29N5O3S. The number of aromatic hydroxyl groups is 1. The van der Waals surface area contributed by atoms with Crippen molar-refractivity contribution in [2.75, 3.05) is 36.5 Å². The average Bonchev–Trinajstić information content (AvgIpc) is 2.71. The molecule has 0 fully saturated rings. The Labute approximate surface area is 172 Å². The number of phenolic OH excluding ortho intramolecular Hbond substituents is 1. The highest BCUT2D eigenvalue weighted by Gasteiger charge is 2.21. The molecule has 1 aromatic heterocycles. The number of rotatable bonds is 10. The second kappa shape index (κ2) is 10.2. The molecule has 1 heterocycles. The first kappa shape index (κ1) is 22.6. The topological polar surface area (TPSA) is 98.1 Å². The Morgan fingerprint density at radius 2 is 1.76 bits per heavy atom. The summed E-state index contributed by atoms with van der Waals surface area (Å²) in [6, 6.07) is 8.48. The summed E-state index contributed by atoms with van der Waals surface area (Å²) in [7, 11) is -3.54. The molecule has 0 atom stereocenters. The van der Waals surface area contributed by atoms with Crippen LogP contribution in [0.5, 0.6) is 5.75 Å². The van der Waals surface area contributed by atoms with Gasteiger partial charge < -0.3 is 10.0 Å². The number of benzene rings is 1. The van der Waals surface area contributed by atoms with Crippen molar-refractivity contribution >= 4 is 27.7 Å². The molecule has 2 N–H and O–H groups in total. The summed E-state index contributed by atoms with van der Waals surface area (Å²) in [5, 5.41) is 14.3. The Bertz CT molecular complexity index is 922. The van der Waals surface area contributed by atoms with Crippen LogP contribution in [-0.4, -0.2) is 55.2 Å². The minimum absolute atomic E-state index is 0.133. The molecule has 158 valence electrons. The van der Waals surface area contributed by atoms with Crippen LogP contribution in [0.3, 0.4) is 0 Å². The summed E-state index contributed by atoms with van der Waals surface area (Å²) in [6.45, 7) is 10.2. The highest BCUT2D eigenvalue weighted by atomic mass is 32.2. The Kier molecular flexibility index (Phi) is 7.98. The summed E-state index contributed by atoms with van der Waals surface area (Å²) in [5.41, 5.74) is 4.26. The van der Waals surface area contributed by atoms with Crippen LogP contribution in [0.1, 0.15) is 33.3 Å². The van der Waals surface area contributed by atoms with Crippen LogP contribution in [-0.2, 0) is 10.0 Å². The largest absolute Gasteiger partial charge is 0.507 e. The lowest BCUT2D eigenvalue weighted by atomic mass is 10.2. The van der Waals surface area contributed by atoms with Crippen molar-refractivity contribution in [1.82, 2.24) is 9.29 Å². The molecule has 0 bridgehead atoms. The first-order valence-corrected chi connectivity index (χ1v) is 11.1. The third-order valence-electron chi connectivity index (χ3n) is 4.60. The predicted molar refractivity (Wildman–Crippen MR) is 117 cm³/mol. The van der Waals surface area contributed by atoms with E-state index < -0.39 is 10.0 Å². The van der Waals surface area contributed by atoms with Crippen molar-refractivity contribution < 1.29 is 13.5 Å². The number of nitrogens with zero attached hydrogens (tertiary/aromatic N) is 4. The van der Waals surface area contributed by atoms with E-state index in [1.165, 1.54) is 22.8 Å². The van der Waals surface area contributed by atoms with Crippen molar-refractivity contribution in [1.29, 1.82) is 0 Å². The second-order valence-electron chi connectivity index (χ2n) is 6.25. The number of phenols is 1. The van der Waals surface area contributed by atoms with Crippen molar-refractivity contribution in [3.8, 4) is 5.75 Å². The van der Waals surface area contributed by atoms with Crippen molar-refractivity contribution in [2.24, 2.45) is 5.10 Å². The maximum atomic E-state index is 12.5. The molecular weight excluding hydrogens is 390 g/mol. The smallest absolute Gasteiger partial charge is 0.244 e. The van der Waals surface area contributed by atoms with Crippen LogP contribution >= 0.6 is 0 Å². The molecule has 2 rings (SSSR count). The van der Waals surface area contributed by atoms with Crippen molar-refractivity contribution in [2.45, 2.75) is 32.6 Å². The second-order valence-corrected chi connectivity index (χ2v) is 8.19. The van der Waals surface area contributed by atoms with Crippen LogP contribution in [0.15, 0.2) is 46.5 Å². The zero-order valence-electron chi connectivity index (χ0n) is 17.3. The summed E-state index contributed by atoms with van der Waals surface area (Å²) in [6.07, 6.45) is 2.80. The quantitative estimate of drug-likeness (QED) is 0.454. The lowest BCUT2D eigenvalue weighted by Crippen LogP contribution is -2.30. The summed E-state index contributed by atoms with van der Waals surface area (Å²) < 4.78 is 26.3. The van der Waals surface area contributed by atoms with Gasteiger partial charge in [-0.05, 0) is 38.1 Å². The van der Waals surface area contributed by atoms with Crippen LogP contribution in [0.25, 0.3) is 0 Å². The number of sulfonamides is 1. The highest BCUT2D eigenvalue weighted by Crippen LogP contribution is 2.23. The molecule has 9 heteroatoms. The van der Waals surface area contributed by atoms with Gasteiger partial charge in [-0.3, -0.25) is 5.43 Å². The minimum atomic E-state index is -3.54. The maximum Gasteiger partial charge on any atom is 0.244 e. The Morgan fingerprint density at radius 3 is 2.28 bits per heavy atom. The maximum absolute atomic E-state index is 12.5. The normalized spacial score (nSPS) is 11.9. The average molecular weight is 420 g/mol. The third kappa shape index (κ3) is 5.45. The number of pyridine rings is 1. The van der Waals surface area contributed by atoms with E-state index in [-0.39, 0.29) is 10.6 Å². The first-order chi connectivity index (χ1) is 13.9. The fourth-order valence-corrected chi connectivity index (χ4v) is 4.31. The SMILES string of the molecule is CCN(CC)c1ccc(/C=N/Nc2ccc(S(=O)(=O)N(CC)CC)cn2)c(O)c1. The van der Waals surface area contributed by atoms with Gasteiger partial charge in [0.25, 0.3) is 0 Å². The molecule has 0 unspecified atom stereocenters. The van der Waals surface area contributed by atoms with E-state index in [9.17, 15) is 13.5 Å². The fourth-order valence-electron chi connectivity index (χ4n) is 2.91. The molecule has 0 aliphatic heterocycles. The van der Waals surface area contributed by atoms with Crippen molar-refractivity contribution in [3.63, 3.8) is 0 Å². The van der Waals surface area contributed by atoms with Gasteiger partial charge in [-0.2, -0.15) is 9.41 Å². The molecule has 0 amide bonds. The Balaban J connectivity index is 2.08. The van der Waals surface area contributed by atoms with Crippen LogP contribution in [0.2, 0.25) is 0 Å². The molecule has 0 radical (unpaired) electrons. The van der Waals surface area contributed by atoms with E-state index >= 15 is 0 Å². The number of hydrogen-bond acceptors (Lipinski definition) is 7. The Morgan fingerprint density at radius 1 is 1.07 bits per heavy atom. The van der Waals surface area contributed by atoms with Gasteiger partial charge >= 0.3 is 0 Å². The van der Waals surface area contributed by atoms with Gasteiger partial charge in [-0.25, -0.2) is 13.4 Å². The van der Waals surface area contributed by atoms with E-state index in [2.05, 4.69) is 34.3 Å². The molecule has 0 aliphatic carbocycles.